The van der Waals surface area contributed by atoms with Gasteiger partial charge in [-0.25, -0.2) is 0 Å². The summed E-state index contributed by atoms with van der Waals surface area (Å²) in [5, 5.41) is 28.2. The summed E-state index contributed by atoms with van der Waals surface area (Å²) >= 11 is 0. The Morgan fingerprint density at radius 2 is 1.75 bits per heavy atom. The fourth-order valence-corrected chi connectivity index (χ4v) is 1.10. The van der Waals surface area contributed by atoms with Crippen molar-refractivity contribution in [2.45, 2.75) is 13.0 Å². The van der Waals surface area contributed by atoms with E-state index in [0.717, 1.165) is 0 Å². The van der Waals surface area contributed by atoms with Gasteiger partial charge in [0.15, 0.2) is 0 Å². The smallest absolute Gasteiger partial charge is 0.325 e. The number of nitrogens with one attached hydrogen (secondary N) is 1. The van der Waals surface area contributed by atoms with Crippen LogP contribution < -0.4 is 5.32 Å². The van der Waals surface area contributed by atoms with E-state index >= 15 is 0 Å². The molecule has 0 aromatic carbocycles. The van der Waals surface area contributed by atoms with Crippen molar-refractivity contribution in [1.82, 2.24) is 10.2 Å². The summed E-state index contributed by atoms with van der Waals surface area (Å²) in [6.07, 6.45) is 0. The molecule has 0 aliphatic carbocycles. The third-order valence-electron chi connectivity index (χ3n) is 1.95. The van der Waals surface area contributed by atoms with Gasteiger partial charge in [0.2, 0.25) is 5.91 Å². The average Bonchev–Trinajstić information content (AvgIpc) is 2.17. The molecule has 0 heterocycles. The van der Waals surface area contributed by atoms with Crippen molar-refractivity contribution in [1.29, 1.82) is 0 Å². The number of carboxylic acids is 1. The van der Waals surface area contributed by atoms with Gasteiger partial charge in [0.1, 0.15) is 6.04 Å². The van der Waals surface area contributed by atoms with Crippen molar-refractivity contribution in [3.05, 3.63) is 0 Å². The highest BCUT2D eigenvalue weighted by molar-refractivity contribution is 5.84. The molecule has 1 atom stereocenters. The van der Waals surface area contributed by atoms with Crippen LogP contribution in [0, 0.1) is 0 Å². The van der Waals surface area contributed by atoms with Gasteiger partial charge in [-0.15, -0.1) is 0 Å². The molecule has 7 nitrogen and oxygen atoms in total. The highest BCUT2D eigenvalue weighted by Crippen LogP contribution is 1.88. The summed E-state index contributed by atoms with van der Waals surface area (Å²) in [5.74, 6) is -1.55. The number of amides is 1. The Balaban J connectivity index is 4.03. The Morgan fingerprint density at radius 3 is 2.12 bits per heavy atom. The van der Waals surface area contributed by atoms with Gasteiger partial charge < -0.3 is 20.6 Å². The molecule has 0 bridgehead atoms. The van der Waals surface area contributed by atoms with Gasteiger partial charge >= 0.3 is 5.97 Å². The maximum absolute atomic E-state index is 11.3. The molecule has 1 unspecified atom stereocenters. The zero-order valence-corrected chi connectivity index (χ0v) is 9.22. The molecule has 0 radical (unpaired) electrons. The van der Waals surface area contributed by atoms with Crippen molar-refractivity contribution in [3.8, 4) is 0 Å². The van der Waals surface area contributed by atoms with Crippen LogP contribution in [0.1, 0.15) is 6.92 Å². The molecule has 0 fully saturated rings. The maximum atomic E-state index is 11.3. The summed E-state index contributed by atoms with van der Waals surface area (Å²) in [6.45, 7) is 1.59. The predicted octanol–water partition coefficient (Wildman–Crippen LogP) is -2.14. The molecular formula is C9H18N2O5. The number of carbonyl (C=O) groups is 2. The molecule has 0 rings (SSSR count). The number of carbonyl (C=O) groups excluding carboxylic acids is 1. The Labute approximate surface area is 93.7 Å². The number of aliphatic hydroxyl groups is 2. The van der Waals surface area contributed by atoms with E-state index < -0.39 is 17.9 Å². The molecule has 0 aliphatic heterocycles. The first kappa shape index (κ1) is 14.8. The number of hydrogen-bond donors (Lipinski definition) is 4. The monoisotopic (exact) mass is 234 g/mol. The number of aliphatic hydroxyl groups excluding tert-OH is 2. The highest BCUT2D eigenvalue weighted by atomic mass is 16.4. The van der Waals surface area contributed by atoms with Crippen molar-refractivity contribution in [2.75, 3.05) is 32.8 Å². The second kappa shape index (κ2) is 8.03. The molecule has 0 saturated heterocycles. The minimum atomic E-state index is -1.11. The molecule has 94 valence electrons. The second-order valence-corrected chi connectivity index (χ2v) is 3.35. The SMILES string of the molecule is CC(NC(=O)CN(CCO)CCO)C(=O)O. The van der Waals surface area contributed by atoms with Gasteiger partial charge in [0.05, 0.1) is 19.8 Å². The Bertz CT molecular complexity index is 228. The zero-order chi connectivity index (χ0) is 12.6. The van der Waals surface area contributed by atoms with E-state index in [2.05, 4.69) is 5.32 Å². The third-order valence-corrected chi connectivity index (χ3v) is 1.95. The lowest BCUT2D eigenvalue weighted by Crippen LogP contribution is -2.45. The molecule has 0 aromatic heterocycles. The topological polar surface area (TPSA) is 110 Å². The molecular weight excluding hydrogens is 216 g/mol. The van der Waals surface area contributed by atoms with Crippen molar-refractivity contribution >= 4 is 11.9 Å². The molecule has 16 heavy (non-hydrogen) atoms. The van der Waals surface area contributed by atoms with Crippen LogP contribution in [-0.4, -0.2) is 71.0 Å². The molecule has 0 saturated carbocycles. The summed E-state index contributed by atoms with van der Waals surface area (Å²) in [5.41, 5.74) is 0. The van der Waals surface area contributed by atoms with Crippen LogP contribution in [0.25, 0.3) is 0 Å². The molecule has 1 amide bonds. The van der Waals surface area contributed by atoms with E-state index in [-0.39, 0.29) is 32.8 Å². The van der Waals surface area contributed by atoms with Crippen LogP contribution in [0.3, 0.4) is 0 Å². The Morgan fingerprint density at radius 1 is 1.25 bits per heavy atom. The summed E-state index contributed by atoms with van der Waals surface area (Å²) in [7, 11) is 0. The first-order chi connectivity index (χ1) is 7.51. The fourth-order valence-electron chi connectivity index (χ4n) is 1.10. The van der Waals surface area contributed by atoms with Crippen LogP contribution >= 0.6 is 0 Å². The lowest BCUT2D eigenvalue weighted by molar-refractivity contribution is -0.141. The maximum Gasteiger partial charge on any atom is 0.325 e. The Kier molecular flexibility index (Phi) is 7.44. The van der Waals surface area contributed by atoms with E-state index in [1.807, 2.05) is 0 Å². The average molecular weight is 234 g/mol. The number of aliphatic carboxylic acids is 1. The van der Waals surface area contributed by atoms with E-state index in [9.17, 15) is 9.59 Å². The van der Waals surface area contributed by atoms with E-state index in [4.69, 9.17) is 15.3 Å². The van der Waals surface area contributed by atoms with Crippen LogP contribution in [0.2, 0.25) is 0 Å². The van der Waals surface area contributed by atoms with E-state index in [1.165, 1.54) is 11.8 Å². The molecule has 0 aliphatic rings. The first-order valence-corrected chi connectivity index (χ1v) is 4.97. The number of hydrogen-bond acceptors (Lipinski definition) is 5. The second-order valence-electron chi connectivity index (χ2n) is 3.35. The largest absolute Gasteiger partial charge is 0.480 e. The van der Waals surface area contributed by atoms with Crippen LogP contribution in [-0.2, 0) is 9.59 Å². The summed E-state index contributed by atoms with van der Waals surface area (Å²) < 4.78 is 0. The van der Waals surface area contributed by atoms with Crippen LogP contribution in [0.15, 0.2) is 0 Å². The van der Waals surface area contributed by atoms with Crippen molar-refractivity contribution in [2.24, 2.45) is 0 Å². The van der Waals surface area contributed by atoms with E-state index in [0.29, 0.717) is 0 Å². The van der Waals surface area contributed by atoms with Gasteiger partial charge in [-0.3, -0.25) is 14.5 Å². The minimum absolute atomic E-state index is 0.0429. The van der Waals surface area contributed by atoms with Gasteiger partial charge in [0.25, 0.3) is 0 Å². The quantitative estimate of drug-likeness (QED) is 0.381. The zero-order valence-electron chi connectivity index (χ0n) is 9.22. The van der Waals surface area contributed by atoms with Gasteiger partial charge in [-0.05, 0) is 6.92 Å². The van der Waals surface area contributed by atoms with Gasteiger partial charge in [-0.1, -0.05) is 0 Å². The number of carboxylic acid groups (broad SMARTS) is 1. The van der Waals surface area contributed by atoms with Gasteiger partial charge in [-0.2, -0.15) is 0 Å². The van der Waals surface area contributed by atoms with Crippen LogP contribution in [0.4, 0.5) is 0 Å². The van der Waals surface area contributed by atoms with Crippen LogP contribution in [0.5, 0.6) is 0 Å². The highest BCUT2D eigenvalue weighted by Gasteiger charge is 2.16. The first-order valence-electron chi connectivity index (χ1n) is 4.97. The minimum Gasteiger partial charge on any atom is -0.480 e. The molecule has 0 aromatic rings. The normalized spacial score (nSPS) is 12.5. The van der Waals surface area contributed by atoms with Crippen molar-refractivity contribution < 1.29 is 24.9 Å². The lowest BCUT2D eigenvalue weighted by Gasteiger charge is -2.20. The van der Waals surface area contributed by atoms with E-state index in [1.54, 1.807) is 0 Å². The van der Waals surface area contributed by atoms with Crippen molar-refractivity contribution in [3.63, 3.8) is 0 Å². The lowest BCUT2D eigenvalue weighted by atomic mass is 10.3. The van der Waals surface area contributed by atoms with Gasteiger partial charge in [0, 0.05) is 13.1 Å². The summed E-state index contributed by atoms with van der Waals surface area (Å²) in [6, 6.07) is -0.947. The molecule has 0 spiro atoms. The Hall–Kier alpha value is -1.18. The predicted molar refractivity (Wildman–Crippen MR) is 55.9 cm³/mol. The standard InChI is InChI=1S/C9H18N2O5/c1-7(9(15)16)10-8(14)6-11(2-4-12)3-5-13/h7,12-13H,2-6H2,1H3,(H,10,14)(H,15,16). The molecule has 7 heteroatoms. The number of nitrogens with zero attached hydrogens (tertiary/aromatic N) is 1. The summed E-state index contributed by atoms with van der Waals surface area (Å²) in [4.78, 5) is 23.3. The molecule has 4 N–H and O–H groups in total. The number of rotatable bonds is 8. The fraction of sp³-hybridized carbons (Fsp3) is 0.778. The third kappa shape index (κ3) is 6.33.